The molecule has 0 fully saturated rings. The molecule has 0 aliphatic carbocycles. The molecule has 17 nitrogen and oxygen atoms in total. The molecule has 0 radical (unpaired) electrons. The van der Waals surface area contributed by atoms with Crippen LogP contribution in [0, 0.1) is 23.7 Å². The number of phosphoric ester groups is 2. The van der Waals surface area contributed by atoms with E-state index in [1.165, 1.54) is 225 Å². The van der Waals surface area contributed by atoms with Gasteiger partial charge in [0.1, 0.15) is 19.3 Å². The molecule has 0 spiro atoms. The van der Waals surface area contributed by atoms with Gasteiger partial charge in [-0.05, 0) is 49.4 Å². The quantitative estimate of drug-likeness (QED) is 0.0222. The van der Waals surface area contributed by atoms with E-state index in [4.69, 9.17) is 37.0 Å². The van der Waals surface area contributed by atoms with Crippen molar-refractivity contribution < 1.29 is 80.2 Å². The second-order valence-electron chi connectivity index (χ2n) is 31.5. The maximum atomic E-state index is 13.1. The average molecular weight is 1490 g/mol. The summed E-state index contributed by atoms with van der Waals surface area (Å²) >= 11 is 0. The van der Waals surface area contributed by atoms with Crippen LogP contribution in [0.1, 0.15) is 428 Å². The fourth-order valence-electron chi connectivity index (χ4n) is 12.8. The Bertz CT molecular complexity index is 1990. The molecule has 0 aliphatic heterocycles. The molecule has 19 heteroatoms. The summed E-state index contributed by atoms with van der Waals surface area (Å²) in [4.78, 5) is 73.0. The summed E-state index contributed by atoms with van der Waals surface area (Å²) in [7, 11) is -9.92. The van der Waals surface area contributed by atoms with E-state index in [1.807, 2.05) is 0 Å². The van der Waals surface area contributed by atoms with E-state index in [0.717, 1.165) is 114 Å². The van der Waals surface area contributed by atoms with Crippen LogP contribution in [-0.4, -0.2) is 96.7 Å². The predicted molar refractivity (Wildman–Crippen MR) is 418 cm³/mol. The monoisotopic (exact) mass is 1490 g/mol. The molecule has 606 valence electrons. The number of phosphoric acid groups is 2. The lowest BCUT2D eigenvalue weighted by atomic mass is 9.99. The number of ether oxygens (including phenoxy) is 4. The summed E-state index contributed by atoms with van der Waals surface area (Å²) in [6.07, 6.45) is 59.8. The van der Waals surface area contributed by atoms with E-state index >= 15 is 0 Å². The van der Waals surface area contributed by atoms with Gasteiger partial charge in [-0.2, -0.15) is 0 Å². The van der Waals surface area contributed by atoms with Crippen LogP contribution in [0.2, 0.25) is 0 Å². The van der Waals surface area contributed by atoms with E-state index in [2.05, 4.69) is 55.4 Å². The topological polar surface area (TPSA) is 237 Å². The highest BCUT2D eigenvalue weighted by Gasteiger charge is 2.30. The van der Waals surface area contributed by atoms with Gasteiger partial charge in [0.15, 0.2) is 12.2 Å². The first-order chi connectivity index (χ1) is 49.1. The summed E-state index contributed by atoms with van der Waals surface area (Å²) in [5.41, 5.74) is 0. The molecule has 3 N–H and O–H groups in total. The predicted octanol–water partition coefficient (Wildman–Crippen LogP) is 24.8. The van der Waals surface area contributed by atoms with Crippen molar-refractivity contribution in [2.45, 2.75) is 446 Å². The molecule has 0 amide bonds. The minimum atomic E-state index is -4.96. The second kappa shape index (κ2) is 72.0. The van der Waals surface area contributed by atoms with Crippen LogP contribution >= 0.6 is 15.6 Å². The highest BCUT2D eigenvalue weighted by atomic mass is 31.2. The summed E-state index contributed by atoms with van der Waals surface area (Å²) in [5.74, 6) is 1.01. The highest BCUT2D eigenvalue weighted by Crippen LogP contribution is 2.45. The zero-order valence-corrected chi connectivity index (χ0v) is 69.0. The third kappa shape index (κ3) is 74.9. The number of carbonyl (C=O) groups is 4. The van der Waals surface area contributed by atoms with Crippen LogP contribution in [-0.2, 0) is 65.4 Å². The summed E-state index contributed by atoms with van der Waals surface area (Å²) in [6, 6.07) is 0. The Kier molecular flexibility index (Phi) is 70.6. The minimum Gasteiger partial charge on any atom is -0.462 e. The Balaban J connectivity index is 5.18. The van der Waals surface area contributed by atoms with Crippen LogP contribution in [0.25, 0.3) is 0 Å². The Hall–Kier alpha value is -1.94. The summed E-state index contributed by atoms with van der Waals surface area (Å²) in [5, 5.41) is 10.6. The molecule has 102 heavy (non-hydrogen) atoms. The lowest BCUT2D eigenvalue weighted by Crippen LogP contribution is -2.30. The third-order valence-electron chi connectivity index (χ3n) is 19.7. The first kappa shape index (κ1) is 100. The Morgan fingerprint density at radius 1 is 0.275 bits per heavy atom. The molecule has 0 aromatic carbocycles. The Labute approximate surface area is 626 Å². The maximum absolute atomic E-state index is 13.1. The van der Waals surface area contributed by atoms with Crippen LogP contribution in [0.15, 0.2) is 0 Å². The first-order valence-electron chi connectivity index (χ1n) is 42.7. The Morgan fingerprint density at radius 3 is 0.696 bits per heavy atom. The molecule has 0 saturated heterocycles. The van der Waals surface area contributed by atoms with Crippen LogP contribution in [0.4, 0.5) is 0 Å². The van der Waals surface area contributed by atoms with Crippen LogP contribution < -0.4 is 0 Å². The number of unbranched alkanes of at least 4 members (excludes halogenated alkanes) is 45. The summed E-state index contributed by atoms with van der Waals surface area (Å²) < 4.78 is 68.7. The molecule has 0 aromatic heterocycles. The molecular weight excluding hydrogens is 1330 g/mol. The van der Waals surface area contributed by atoms with Crippen molar-refractivity contribution in [2.75, 3.05) is 39.6 Å². The lowest BCUT2D eigenvalue weighted by Gasteiger charge is -2.21. The highest BCUT2D eigenvalue weighted by molar-refractivity contribution is 7.47. The van der Waals surface area contributed by atoms with Gasteiger partial charge in [-0.15, -0.1) is 0 Å². The molecular formula is C83H162O17P2. The molecule has 0 bridgehead atoms. The van der Waals surface area contributed by atoms with Crippen LogP contribution in [0.3, 0.4) is 0 Å². The van der Waals surface area contributed by atoms with E-state index in [-0.39, 0.29) is 25.7 Å². The van der Waals surface area contributed by atoms with Crippen molar-refractivity contribution in [1.29, 1.82) is 0 Å². The zero-order valence-electron chi connectivity index (χ0n) is 67.2. The number of carbonyl (C=O) groups excluding carboxylic acids is 4. The number of hydrogen-bond donors (Lipinski definition) is 3. The van der Waals surface area contributed by atoms with E-state index in [0.29, 0.717) is 31.6 Å². The number of aliphatic hydroxyl groups excluding tert-OH is 1. The van der Waals surface area contributed by atoms with Crippen molar-refractivity contribution in [3.05, 3.63) is 0 Å². The van der Waals surface area contributed by atoms with E-state index in [1.54, 1.807) is 0 Å². The largest absolute Gasteiger partial charge is 0.472 e. The second-order valence-corrected chi connectivity index (χ2v) is 34.4. The molecule has 4 unspecified atom stereocenters. The number of esters is 4. The van der Waals surface area contributed by atoms with Gasteiger partial charge in [0.05, 0.1) is 26.4 Å². The third-order valence-corrected chi connectivity index (χ3v) is 21.6. The van der Waals surface area contributed by atoms with Crippen molar-refractivity contribution >= 4 is 39.5 Å². The molecule has 0 aromatic rings. The normalized spacial score (nSPS) is 14.3. The maximum Gasteiger partial charge on any atom is 0.472 e. The first-order valence-corrected chi connectivity index (χ1v) is 45.7. The van der Waals surface area contributed by atoms with E-state index < -0.39 is 97.5 Å². The van der Waals surface area contributed by atoms with Gasteiger partial charge in [-0.3, -0.25) is 37.3 Å². The van der Waals surface area contributed by atoms with Gasteiger partial charge in [-0.25, -0.2) is 9.13 Å². The molecule has 0 rings (SSSR count). The number of aliphatic hydroxyl groups is 1. The van der Waals surface area contributed by atoms with Gasteiger partial charge in [-0.1, -0.05) is 376 Å². The molecule has 0 heterocycles. The average Bonchev–Trinajstić information content (AvgIpc) is 1.29. The van der Waals surface area contributed by atoms with Gasteiger partial charge < -0.3 is 33.8 Å². The van der Waals surface area contributed by atoms with Gasteiger partial charge in [0, 0.05) is 25.7 Å². The lowest BCUT2D eigenvalue weighted by molar-refractivity contribution is -0.161. The fourth-order valence-corrected chi connectivity index (χ4v) is 14.3. The van der Waals surface area contributed by atoms with Crippen molar-refractivity contribution in [3.63, 3.8) is 0 Å². The number of hydrogen-bond acceptors (Lipinski definition) is 15. The zero-order chi connectivity index (χ0) is 75.3. The fraction of sp³-hybridized carbons (Fsp3) is 0.952. The van der Waals surface area contributed by atoms with Crippen molar-refractivity contribution in [1.82, 2.24) is 0 Å². The van der Waals surface area contributed by atoms with Crippen LogP contribution in [0.5, 0.6) is 0 Å². The standard InChI is InChI=1S/C83H162O17P2/c1-9-76(8)62-54-46-38-30-23-19-14-12-10-11-13-15-20-24-31-39-47-55-63-80(85)93-69-78(99-83(88)66-58-50-41-33-27-26-29-36-44-52-60-74(4)5)71-97-101(89,90)95-67-77(84)68-96-102(91,92)98-72-79(70-94-81(86)64-56-48-42-34-37-45-53-61-75(6)7)100-82(87)65-57-49-40-32-25-21-17-16-18-22-28-35-43-51-59-73(2)3/h73-79,84H,9-72H2,1-8H3,(H,89,90)(H,91,92)/t76?,77?,78-,79-/m1/s1. The van der Waals surface area contributed by atoms with E-state index in [9.17, 15) is 43.2 Å². The molecule has 0 saturated carbocycles. The van der Waals surface area contributed by atoms with Gasteiger partial charge >= 0.3 is 39.5 Å². The molecule has 0 aliphatic rings. The minimum absolute atomic E-state index is 0.106. The Morgan fingerprint density at radius 2 is 0.471 bits per heavy atom. The van der Waals surface area contributed by atoms with Crippen molar-refractivity contribution in [3.8, 4) is 0 Å². The van der Waals surface area contributed by atoms with Crippen molar-refractivity contribution in [2.24, 2.45) is 23.7 Å². The molecule has 6 atom stereocenters. The SMILES string of the molecule is CCC(C)CCCCCCCCCCCCCCCCCCCCC(=O)OC[C@H](COP(=O)(O)OCC(O)COP(=O)(O)OC[C@@H](COC(=O)CCCCCCCCCC(C)C)OC(=O)CCCCCCCCCCCCCCCCC(C)C)OC(=O)CCCCCCCCCCCCC(C)C. The number of rotatable bonds is 80. The smallest absolute Gasteiger partial charge is 0.462 e. The van der Waals surface area contributed by atoms with Gasteiger partial charge in [0.2, 0.25) is 0 Å². The summed E-state index contributed by atoms with van der Waals surface area (Å²) in [6.45, 7) is 14.3. The van der Waals surface area contributed by atoms with Gasteiger partial charge in [0.25, 0.3) is 0 Å².